The largest absolute Gasteiger partial charge is 0.464 e. The van der Waals surface area contributed by atoms with E-state index in [0.717, 1.165) is 6.42 Å². The van der Waals surface area contributed by atoms with Crippen LogP contribution in [0.5, 0.6) is 0 Å². The summed E-state index contributed by atoms with van der Waals surface area (Å²) in [6.07, 6.45) is 0.831. The molecular weight excluding hydrogens is 306 g/mol. The van der Waals surface area contributed by atoms with Crippen LogP contribution in [0, 0.1) is 5.92 Å². The van der Waals surface area contributed by atoms with Gasteiger partial charge in [-0.15, -0.1) is 0 Å². The number of rotatable bonds is 5. The van der Waals surface area contributed by atoms with E-state index >= 15 is 0 Å². The van der Waals surface area contributed by atoms with Crippen LogP contribution in [-0.4, -0.2) is 17.1 Å². The van der Waals surface area contributed by atoms with Crippen molar-refractivity contribution in [2.24, 2.45) is 5.92 Å². The summed E-state index contributed by atoms with van der Waals surface area (Å²) in [4.78, 5) is 24.0. The first-order valence-electron chi connectivity index (χ1n) is 8.04. The number of benzene rings is 2. The van der Waals surface area contributed by atoms with Gasteiger partial charge < -0.3 is 9.15 Å². The highest BCUT2D eigenvalue weighted by Gasteiger charge is 2.45. The lowest BCUT2D eigenvalue weighted by Gasteiger charge is -2.05. The summed E-state index contributed by atoms with van der Waals surface area (Å²) in [6, 6.07) is 17.2. The summed E-state index contributed by atoms with van der Waals surface area (Å²) in [5, 5.41) is 0. The Morgan fingerprint density at radius 3 is 2.71 bits per heavy atom. The Balaban J connectivity index is 1.35. The topological polar surface area (TPSA) is 61.4 Å². The number of para-hydroxylation sites is 2. The maximum Gasteiger partial charge on any atom is 0.420 e. The van der Waals surface area contributed by atoms with E-state index in [1.807, 2.05) is 48.5 Å². The smallest absolute Gasteiger partial charge is 0.420 e. The van der Waals surface area contributed by atoms with Gasteiger partial charge in [-0.3, -0.25) is 9.36 Å². The summed E-state index contributed by atoms with van der Waals surface area (Å²) >= 11 is 0. The van der Waals surface area contributed by atoms with Crippen molar-refractivity contribution in [1.82, 2.24) is 4.57 Å². The fourth-order valence-corrected chi connectivity index (χ4v) is 3.09. The van der Waals surface area contributed by atoms with Gasteiger partial charge in [-0.25, -0.2) is 4.79 Å². The summed E-state index contributed by atoms with van der Waals surface area (Å²) in [5.41, 5.74) is 2.43. The third-order valence-corrected chi connectivity index (χ3v) is 4.45. The van der Waals surface area contributed by atoms with Gasteiger partial charge in [0.25, 0.3) is 0 Å². The highest BCUT2D eigenvalue weighted by atomic mass is 16.5. The molecule has 5 heteroatoms. The Kier molecular flexibility index (Phi) is 3.69. The van der Waals surface area contributed by atoms with E-state index in [-0.39, 0.29) is 24.4 Å². The lowest BCUT2D eigenvalue weighted by Crippen LogP contribution is -2.19. The molecule has 1 heterocycles. The number of oxazole rings is 1. The van der Waals surface area contributed by atoms with E-state index in [1.54, 1.807) is 6.07 Å². The zero-order chi connectivity index (χ0) is 16.5. The predicted octanol–water partition coefficient (Wildman–Crippen LogP) is 2.94. The van der Waals surface area contributed by atoms with Crippen LogP contribution in [0.2, 0.25) is 0 Å². The number of aromatic nitrogens is 1. The second-order valence-corrected chi connectivity index (χ2v) is 6.01. The highest BCUT2D eigenvalue weighted by molar-refractivity contribution is 5.77. The second-order valence-electron chi connectivity index (χ2n) is 6.01. The number of esters is 1. The molecule has 2 unspecified atom stereocenters. The molecule has 122 valence electrons. The van der Waals surface area contributed by atoms with Gasteiger partial charge in [0, 0.05) is 0 Å². The van der Waals surface area contributed by atoms with Crippen LogP contribution >= 0.6 is 0 Å². The van der Waals surface area contributed by atoms with Gasteiger partial charge in [0.2, 0.25) is 0 Å². The minimum Gasteiger partial charge on any atom is -0.464 e. The maximum absolute atomic E-state index is 12.1. The molecule has 1 aliphatic rings. The molecule has 1 fully saturated rings. The fourth-order valence-electron chi connectivity index (χ4n) is 3.09. The van der Waals surface area contributed by atoms with Gasteiger partial charge >= 0.3 is 11.7 Å². The van der Waals surface area contributed by atoms with Crippen molar-refractivity contribution >= 4 is 17.1 Å². The number of carbonyl (C=O) groups is 1. The summed E-state index contributed by atoms with van der Waals surface area (Å²) in [6.45, 7) is 0.463. The average Bonchev–Trinajstić information content (AvgIpc) is 3.35. The molecule has 2 aromatic carbocycles. The summed E-state index contributed by atoms with van der Waals surface area (Å²) in [7, 11) is 0. The van der Waals surface area contributed by atoms with Gasteiger partial charge in [0.1, 0.15) is 6.61 Å². The van der Waals surface area contributed by atoms with Crippen molar-refractivity contribution in [3.05, 3.63) is 70.7 Å². The zero-order valence-electron chi connectivity index (χ0n) is 13.1. The molecular formula is C19H17NO4. The molecule has 2 atom stereocenters. The van der Waals surface area contributed by atoms with Crippen molar-refractivity contribution in [3.63, 3.8) is 0 Å². The maximum atomic E-state index is 12.1. The Labute approximate surface area is 138 Å². The van der Waals surface area contributed by atoms with Crippen LogP contribution in [0.1, 0.15) is 17.9 Å². The lowest BCUT2D eigenvalue weighted by atomic mass is 10.1. The van der Waals surface area contributed by atoms with E-state index in [2.05, 4.69) is 0 Å². The SMILES string of the molecule is O=C(OCCn1c(=O)oc2ccccc21)C1CC1c1ccccc1. The quantitative estimate of drug-likeness (QED) is 0.677. The molecule has 1 saturated carbocycles. The second kappa shape index (κ2) is 6.00. The molecule has 0 aliphatic heterocycles. The minimum absolute atomic E-state index is 0.0646. The van der Waals surface area contributed by atoms with Crippen LogP contribution in [-0.2, 0) is 16.1 Å². The normalized spacial score (nSPS) is 19.3. The number of carbonyl (C=O) groups excluding carboxylic acids is 1. The van der Waals surface area contributed by atoms with E-state index < -0.39 is 5.76 Å². The Hall–Kier alpha value is -2.82. The Morgan fingerprint density at radius 1 is 1.12 bits per heavy atom. The van der Waals surface area contributed by atoms with Crippen LogP contribution in [0.15, 0.2) is 63.8 Å². The van der Waals surface area contributed by atoms with Crippen LogP contribution < -0.4 is 5.76 Å². The van der Waals surface area contributed by atoms with E-state index in [9.17, 15) is 9.59 Å². The molecule has 24 heavy (non-hydrogen) atoms. The van der Waals surface area contributed by atoms with Crippen LogP contribution in [0.3, 0.4) is 0 Å². The lowest BCUT2D eigenvalue weighted by molar-refractivity contribution is -0.145. The molecule has 0 spiro atoms. The minimum atomic E-state index is -0.430. The first-order chi connectivity index (χ1) is 11.7. The molecule has 0 amide bonds. The third-order valence-electron chi connectivity index (χ3n) is 4.45. The number of ether oxygens (including phenoxy) is 1. The van der Waals surface area contributed by atoms with E-state index in [0.29, 0.717) is 17.6 Å². The number of nitrogens with zero attached hydrogens (tertiary/aromatic N) is 1. The molecule has 3 aromatic rings. The monoisotopic (exact) mass is 323 g/mol. The predicted molar refractivity (Wildman–Crippen MR) is 88.7 cm³/mol. The summed E-state index contributed by atoms with van der Waals surface area (Å²) < 4.78 is 12.0. The van der Waals surface area contributed by atoms with Gasteiger partial charge in [-0.2, -0.15) is 0 Å². The van der Waals surface area contributed by atoms with E-state index in [4.69, 9.17) is 9.15 Å². The van der Waals surface area contributed by atoms with Crippen molar-refractivity contribution in [2.75, 3.05) is 6.61 Å². The average molecular weight is 323 g/mol. The molecule has 0 bridgehead atoms. The molecule has 4 rings (SSSR count). The van der Waals surface area contributed by atoms with Gasteiger partial charge in [0.15, 0.2) is 5.58 Å². The number of fused-ring (bicyclic) bond motifs is 1. The number of hydrogen-bond donors (Lipinski definition) is 0. The zero-order valence-corrected chi connectivity index (χ0v) is 13.1. The van der Waals surface area contributed by atoms with Crippen LogP contribution in [0.4, 0.5) is 0 Å². The van der Waals surface area contributed by atoms with Crippen molar-refractivity contribution in [3.8, 4) is 0 Å². The van der Waals surface area contributed by atoms with Crippen molar-refractivity contribution in [2.45, 2.75) is 18.9 Å². The molecule has 0 radical (unpaired) electrons. The molecule has 1 aromatic heterocycles. The van der Waals surface area contributed by atoms with Crippen molar-refractivity contribution in [1.29, 1.82) is 0 Å². The van der Waals surface area contributed by atoms with Crippen LogP contribution in [0.25, 0.3) is 11.1 Å². The first kappa shape index (κ1) is 14.8. The highest BCUT2D eigenvalue weighted by Crippen LogP contribution is 2.47. The van der Waals surface area contributed by atoms with Gasteiger partial charge in [0.05, 0.1) is 18.0 Å². The Bertz CT molecular complexity index is 925. The van der Waals surface area contributed by atoms with Crippen molar-refractivity contribution < 1.29 is 13.9 Å². The van der Waals surface area contributed by atoms with E-state index in [1.165, 1.54) is 10.1 Å². The van der Waals surface area contributed by atoms with Gasteiger partial charge in [-0.05, 0) is 30.0 Å². The first-order valence-corrected chi connectivity index (χ1v) is 8.04. The fraction of sp³-hybridized carbons (Fsp3) is 0.263. The standard InChI is InChI=1S/C19H17NO4/c21-18(15-12-14(15)13-6-2-1-3-7-13)23-11-10-20-16-8-4-5-9-17(16)24-19(20)22/h1-9,14-15H,10-12H2. The van der Waals surface area contributed by atoms with Gasteiger partial charge in [-0.1, -0.05) is 42.5 Å². The number of hydrogen-bond acceptors (Lipinski definition) is 4. The molecule has 1 aliphatic carbocycles. The molecule has 0 N–H and O–H groups in total. The molecule has 5 nitrogen and oxygen atoms in total. The summed E-state index contributed by atoms with van der Waals surface area (Å²) in [5.74, 6) is -0.424. The third kappa shape index (κ3) is 2.73. The molecule has 0 saturated heterocycles. The Morgan fingerprint density at radius 2 is 1.88 bits per heavy atom.